The van der Waals surface area contributed by atoms with Gasteiger partial charge in [-0.25, -0.2) is 0 Å². The molecule has 2 aliphatic rings. The van der Waals surface area contributed by atoms with Crippen LogP contribution < -0.4 is 4.90 Å². The van der Waals surface area contributed by atoms with E-state index in [4.69, 9.17) is 0 Å². The molecule has 0 radical (unpaired) electrons. The second kappa shape index (κ2) is 9.44. The summed E-state index contributed by atoms with van der Waals surface area (Å²) in [5.41, 5.74) is 6.41. The summed E-state index contributed by atoms with van der Waals surface area (Å²) >= 11 is 0. The van der Waals surface area contributed by atoms with Crippen molar-refractivity contribution in [2.45, 2.75) is 19.8 Å². The normalized spacial score (nSPS) is 16.3. The first-order chi connectivity index (χ1) is 21.3. The lowest BCUT2D eigenvalue weighted by molar-refractivity contribution is 0.763. The Balaban J connectivity index is 1.42. The maximum atomic E-state index is 2.52. The summed E-state index contributed by atoms with van der Waals surface area (Å²) in [4.78, 5) is 2.52. The minimum Gasteiger partial charge on any atom is -0.310 e. The minimum atomic E-state index is 0.390. The number of allylic oxidation sites excluding steroid dienone is 7. The topological polar surface area (TPSA) is 3.24 Å². The molecule has 204 valence electrons. The first-order valence-corrected chi connectivity index (χ1v) is 15.4. The first kappa shape index (κ1) is 24.5. The van der Waals surface area contributed by atoms with Gasteiger partial charge < -0.3 is 4.90 Å². The number of aryl methyl sites for hydroxylation is 1. The van der Waals surface area contributed by atoms with E-state index in [1.54, 1.807) is 0 Å². The van der Waals surface area contributed by atoms with Crippen LogP contribution in [0.5, 0.6) is 0 Å². The summed E-state index contributed by atoms with van der Waals surface area (Å²) in [5, 5.41) is 13.2. The van der Waals surface area contributed by atoms with Crippen LogP contribution in [0.4, 0.5) is 11.4 Å². The Hall–Kier alpha value is -5.14. The molecule has 0 spiro atoms. The SMILES string of the molecule is CCc1cc2cccc3c4cc(N(C5=C6C=CC=CC6CC=C5)c5cccc6ccccc56)cc5cccc(c(c1)c23)c54. The molecule has 0 saturated heterocycles. The van der Waals surface area contributed by atoms with E-state index < -0.39 is 0 Å². The largest absolute Gasteiger partial charge is 0.310 e. The lowest BCUT2D eigenvalue weighted by Gasteiger charge is -2.33. The van der Waals surface area contributed by atoms with Gasteiger partial charge in [0.25, 0.3) is 0 Å². The third-order valence-electron chi connectivity index (χ3n) is 9.58. The fraction of sp³-hybridized carbons (Fsp3) is 0.0952. The van der Waals surface area contributed by atoms with Crippen LogP contribution in [0.3, 0.4) is 0 Å². The second-order valence-electron chi connectivity index (χ2n) is 12.0. The predicted molar refractivity (Wildman–Crippen MR) is 186 cm³/mol. The standard InChI is InChI=1S/C42H31N/c1-2-27-23-30-15-7-20-36-38-26-32(25-31-16-8-19-35(42(31)38)37(24-27)41(30)36)43(39-21-9-13-28-11-3-5-17-33(28)39)40-22-10-14-29-12-4-6-18-34(29)40/h3-13,15-26,29H,2,14H2,1H3. The Morgan fingerprint density at radius 1 is 0.628 bits per heavy atom. The molecule has 0 aromatic heterocycles. The Bertz CT molecular complexity index is 2360. The first-order valence-electron chi connectivity index (χ1n) is 15.4. The van der Waals surface area contributed by atoms with E-state index in [-0.39, 0.29) is 0 Å². The molecule has 0 aliphatic heterocycles. The van der Waals surface area contributed by atoms with E-state index in [0.29, 0.717) is 5.92 Å². The molecular weight excluding hydrogens is 518 g/mol. The zero-order valence-electron chi connectivity index (χ0n) is 24.2. The van der Waals surface area contributed by atoms with Gasteiger partial charge in [0.2, 0.25) is 0 Å². The third-order valence-corrected chi connectivity index (χ3v) is 9.58. The van der Waals surface area contributed by atoms with Crippen molar-refractivity contribution in [1.29, 1.82) is 0 Å². The van der Waals surface area contributed by atoms with Gasteiger partial charge in [0.1, 0.15) is 0 Å². The molecule has 43 heavy (non-hydrogen) atoms. The monoisotopic (exact) mass is 549 g/mol. The van der Waals surface area contributed by atoms with Gasteiger partial charge in [0, 0.05) is 22.7 Å². The van der Waals surface area contributed by atoms with Gasteiger partial charge in [0.05, 0.1) is 5.69 Å². The maximum absolute atomic E-state index is 2.52. The third kappa shape index (κ3) is 3.64. The van der Waals surface area contributed by atoms with Crippen molar-refractivity contribution in [2.24, 2.45) is 5.92 Å². The number of hydrogen-bond donors (Lipinski definition) is 0. The second-order valence-corrected chi connectivity index (χ2v) is 12.0. The number of benzene rings is 7. The zero-order chi connectivity index (χ0) is 28.5. The molecule has 1 nitrogen and oxygen atoms in total. The molecule has 0 amide bonds. The lowest BCUT2D eigenvalue weighted by Crippen LogP contribution is -2.21. The van der Waals surface area contributed by atoms with E-state index in [1.807, 2.05) is 0 Å². The zero-order valence-corrected chi connectivity index (χ0v) is 24.2. The van der Waals surface area contributed by atoms with E-state index in [9.17, 15) is 0 Å². The molecule has 0 saturated carbocycles. The molecule has 0 fully saturated rings. The highest BCUT2D eigenvalue weighted by Gasteiger charge is 2.26. The molecule has 9 rings (SSSR count). The highest BCUT2D eigenvalue weighted by atomic mass is 15.2. The average Bonchev–Trinajstić information content (AvgIpc) is 3.07. The molecular formula is C42H31N. The Morgan fingerprint density at radius 3 is 2.16 bits per heavy atom. The van der Waals surface area contributed by atoms with Gasteiger partial charge in [-0.2, -0.15) is 0 Å². The molecule has 0 heterocycles. The number of rotatable bonds is 4. The van der Waals surface area contributed by atoms with Crippen LogP contribution in [0.2, 0.25) is 0 Å². The quantitative estimate of drug-likeness (QED) is 0.156. The summed E-state index contributed by atoms with van der Waals surface area (Å²) in [6.07, 6.45) is 15.8. The van der Waals surface area contributed by atoms with E-state index in [2.05, 4.69) is 151 Å². The molecule has 1 unspecified atom stereocenters. The van der Waals surface area contributed by atoms with Crippen molar-refractivity contribution < 1.29 is 0 Å². The lowest BCUT2D eigenvalue weighted by atomic mass is 9.85. The van der Waals surface area contributed by atoms with Crippen LogP contribution in [0.25, 0.3) is 53.9 Å². The highest BCUT2D eigenvalue weighted by Crippen LogP contribution is 2.46. The fourth-order valence-corrected chi connectivity index (χ4v) is 7.61. The van der Waals surface area contributed by atoms with Gasteiger partial charge in [0.15, 0.2) is 0 Å². The Kier molecular flexibility index (Phi) is 5.37. The van der Waals surface area contributed by atoms with Gasteiger partial charge in [-0.3, -0.25) is 0 Å². The smallest absolute Gasteiger partial charge is 0.0540 e. The molecule has 2 aliphatic carbocycles. The molecule has 1 heteroatoms. The number of nitrogens with zero attached hydrogens (tertiary/aromatic N) is 1. The van der Waals surface area contributed by atoms with Crippen LogP contribution in [-0.4, -0.2) is 0 Å². The number of hydrogen-bond acceptors (Lipinski definition) is 1. The minimum absolute atomic E-state index is 0.390. The molecule has 0 N–H and O–H groups in total. The summed E-state index contributed by atoms with van der Waals surface area (Å²) in [7, 11) is 0. The van der Waals surface area contributed by atoms with Crippen LogP contribution >= 0.6 is 0 Å². The molecule has 0 bridgehead atoms. The van der Waals surface area contributed by atoms with Crippen molar-refractivity contribution in [3.63, 3.8) is 0 Å². The molecule has 1 atom stereocenters. The van der Waals surface area contributed by atoms with E-state index in [0.717, 1.165) is 12.8 Å². The van der Waals surface area contributed by atoms with Gasteiger partial charge in [-0.05, 0) is 96.7 Å². The van der Waals surface area contributed by atoms with Crippen molar-refractivity contribution >= 4 is 65.2 Å². The van der Waals surface area contributed by atoms with Crippen LogP contribution in [-0.2, 0) is 6.42 Å². The molecule has 7 aromatic rings. The summed E-state index contributed by atoms with van der Waals surface area (Å²) in [6, 6.07) is 38.8. The van der Waals surface area contributed by atoms with Crippen molar-refractivity contribution in [2.75, 3.05) is 4.90 Å². The number of fused-ring (bicyclic) bond motifs is 4. The van der Waals surface area contributed by atoms with Crippen LogP contribution in [0, 0.1) is 5.92 Å². The summed E-state index contributed by atoms with van der Waals surface area (Å²) < 4.78 is 0. The van der Waals surface area contributed by atoms with E-state index in [1.165, 1.54) is 82.1 Å². The molecule has 7 aromatic carbocycles. The van der Waals surface area contributed by atoms with Crippen LogP contribution in [0.1, 0.15) is 18.9 Å². The van der Waals surface area contributed by atoms with Crippen molar-refractivity contribution in [3.8, 4) is 0 Å². The maximum Gasteiger partial charge on any atom is 0.0540 e. The summed E-state index contributed by atoms with van der Waals surface area (Å²) in [6.45, 7) is 2.25. The van der Waals surface area contributed by atoms with Gasteiger partial charge >= 0.3 is 0 Å². The summed E-state index contributed by atoms with van der Waals surface area (Å²) in [5.74, 6) is 0.390. The predicted octanol–water partition coefficient (Wildman–Crippen LogP) is 11.5. The fourth-order valence-electron chi connectivity index (χ4n) is 7.61. The van der Waals surface area contributed by atoms with Crippen LogP contribution in [0.15, 0.2) is 151 Å². The van der Waals surface area contributed by atoms with Crippen molar-refractivity contribution in [1.82, 2.24) is 0 Å². The van der Waals surface area contributed by atoms with Gasteiger partial charge in [-0.15, -0.1) is 0 Å². The van der Waals surface area contributed by atoms with Gasteiger partial charge in [-0.1, -0.05) is 122 Å². The number of anilines is 2. The van der Waals surface area contributed by atoms with Crippen molar-refractivity contribution in [3.05, 3.63) is 156 Å². The highest BCUT2D eigenvalue weighted by molar-refractivity contribution is 6.33. The van der Waals surface area contributed by atoms with E-state index >= 15 is 0 Å². The Labute approximate surface area is 251 Å². The Morgan fingerprint density at radius 2 is 1.33 bits per heavy atom. The average molecular weight is 550 g/mol.